The van der Waals surface area contributed by atoms with E-state index in [4.69, 9.17) is 9.47 Å². The van der Waals surface area contributed by atoms with Gasteiger partial charge in [-0.2, -0.15) is 0 Å². The van der Waals surface area contributed by atoms with Gasteiger partial charge in [0.2, 0.25) is 0 Å². The minimum atomic E-state index is -0.516. The molecule has 2 aromatic heterocycles. The Hall–Kier alpha value is -3.68. The van der Waals surface area contributed by atoms with E-state index < -0.39 is 11.9 Å². The fourth-order valence-electron chi connectivity index (χ4n) is 2.78. The van der Waals surface area contributed by atoms with E-state index >= 15 is 0 Å². The Kier molecular flexibility index (Phi) is 3.88. The Morgan fingerprint density at radius 3 is 2.48 bits per heavy atom. The zero-order valence-electron chi connectivity index (χ0n) is 14.6. The number of rotatable bonds is 6. The highest BCUT2D eigenvalue weighted by Gasteiger charge is 2.26. The van der Waals surface area contributed by atoms with Gasteiger partial charge in [0, 0.05) is 5.57 Å². The number of para-hydroxylation sites is 2. The summed E-state index contributed by atoms with van der Waals surface area (Å²) in [5, 5.41) is 9.99. The predicted molar refractivity (Wildman–Crippen MR) is 96.6 cm³/mol. The van der Waals surface area contributed by atoms with Gasteiger partial charge in [0.15, 0.2) is 0 Å². The van der Waals surface area contributed by atoms with Gasteiger partial charge in [-0.1, -0.05) is 18.7 Å². The number of benzene rings is 2. The predicted octanol–water partition coefficient (Wildman–Crippen LogP) is 2.40. The fourth-order valence-corrected chi connectivity index (χ4v) is 2.78. The van der Waals surface area contributed by atoms with Gasteiger partial charge < -0.3 is 14.6 Å². The van der Waals surface area contributed by atoms with E-state index in [2.05, 4.69) is 6.58 Å². The van der Waals surface area contributed by atoms with Crippen LogP contribution < -0.4 is 0 Å². The molecule has 0 bridgehead atoms. The van der Waals surface area contributed by atoms with Crippen molar-refractivity contribution in [3.63, 3.8) is 0 Å². The summed E-state index contributed by atoms with van der Waals surface area (Å²) in [5.41, 5.74) is 3.09. The molecule has 4 aromatic rings. The average Bonchev–Trinajstić information content (AvgIpc) is 3.31. The Morgan fingerprint density at radius 2 is 1.74 bits per heavy atom. The summed E-state index contributed by atoms with van der Waals surface area (Å²) in [5.74, 6) is -0.849. The minimum Gasteiger partial charge on any atom is -0.506 e. The number of hydrogen-bond donors (Lipinski definition) is 1. The van der Waals surface area contributed by atoms with Crippen LogP contribution >= 0.6 is 0 Å². The number of phenolic OH excluding ortho intramolecular Hbond substituents is 1. The lowest BCUT2D eigenvalue weighted by Crippen LogP contribution is -2.14. The second kappa shape index (κ2) is 6.24. The zero-order chi connectivity index (χ0) is 19.1. The summed E-state index contributed by atoms with van der Waals surface area (Å²) in [6.45, 7) is 4.96. The Morgan fingerprint density at radius 1 is 1.04 bits per heavy atom. The Balaban J connectivity index is 1.46. The fraction of sp³-hybridized carbons (Fsp3) is 0.158. The number of esters is 2. The highest BCUT2D eigenvalue weighted by atomic mass is 16.6. The molecule has 8 nitrogen and oxygen atoms in total. The maximum absolute atomic E-state index is 12.2. The van der Waals surface area contributed by atoms with Gasteiger partial charge in [-0.3, -0.25) is 0 Å². The van der Waals surface area contributed by atoms with E-state index in [-0.39, 0.29) is 19.0 Å². The van der Waals surface area contributed by atoms with Crippen LogP contribution in [0.4, 0.5) is 0 Å². The summed E-state index contributed by atoms with van der Waals surface area (Å²) in [7, 11) is 0. The topological polar surface area (TPSA) is 86.6 Å². The van der Waals surface area contributed by atoms with Crippen LogP contribution in [0.2, 0.25) is 0 Å². The maximum atomic E-state index is 12.2. The molecule has 1 N–H and O–H groups in total. The van der Waals surface area contributed by atoms with Crippen LogP contribution in [0.1, 0.15) is 17.3 Å². The Bertz CT molecular complexity index is 1160. The number of hydrogen-bond acceptors (Lipinski definition) is 5. The number of aromatic nitrogens is 3. The molecule has 0 saturated heterocycles. The molecular formula is C19H17N3O5. The summed E-state index contributed by atoms with van der Waals surface area (Å²) in [4.78, 5) is 25.2. The van der Waals surface area contributed by atoms with E-state index in [1.165, 1.54) is 0 Å². The van der Waals surface area contributed by atoms with E-state index in [1.54, 1.807) is 42.1 Å². The molecule has 4 rings (SSSR count). The average molecular weight is 367 g/mol. The van der Waals surface area contributed by atoms with Crippen LogP contribution in [0.5, 0.6) is 5.75 Å². The summed E-state index contributed by atoms with van der Waals surface area (Å²) >= 11 is 0. The lowest BCUT2D eigenvalue weighted by atomic mass is 10.2. The van der Waals surface area contributed by atoms with Gasteiger partial charge in [0.05, 0.1) is 5.56 Å². The zero-order valence-corrected chi connectivity index (χ0v) is 14.6. The van der Waals surface area contributed by atoms with Crippen molar-refractivity contribution in [3.8, 4) is 11.4 Å². The third kappa shape index (κ3) is 2.80. The molecule has 0 amide bonds. The highest BCUT2D eigenvalue weighted by Crippen LogP contribution is 2.30. The molecule has 138 valence electrons. The number of phenols is 1. The van der Waals surface area contributed by atoms with E-state index in [9.17, 15) is 14.7 Å². The quantitative estimate of drug-likeness (QED) is 0.321. The van der Waals surface area contributed by atoms with Gasteiger partial charge in [0.1, 0.15) is 35.7 Å². The highest BCUT2D eigenvalue weighted by molar-refractivity contribution is 5.94. The summed E-state index contributed by atoms with van der Waals surface area (Å²) in [6.07, 6.45) is 0. The third-order valence-electron chi connectivity index (χ3n) is 4.15. The lowest BCUT2D eigenvalue weighted by Gasteiger charge is -2.07. The molecule has 0 aliphatic carbocycles. The number of carbonyl (C=O) groups is 2. The summed E-state index contributed by atoms with van der Waals surface area (Å²) in [6, 6.07) is 12.2. The van der Waals surface area contributed by atoms with Crippen LogP contribution in [0.3, 0.4) is 0 Å². The molecular weight excluding hydrogens is 350 g/mol. The number of aromatic hydroxyl groups is 1. The van der Waals surface area contributed by atoms with Crippen molar-refractivity contribution in [1.82, 2.24) is 14.1 Å². The van der Waals surface area contributed by atoms with Crippen LogP contribution in [-0.2, 0) is 14.3 Å². The number of ether oxygens (including phenoxy) is 2. The van der Waals surface area contributed by atoms with Crippen molar-refractivity contribution >= 4 is 23.0 Å². The number of carbonyl (C=O) groups excluding carboxylic acids is 2. The minimum absolute atomic E-state index is 0.0245. The van der Waals surface area contributed by atoms with Gasteiger partial charge in [-0.15, -0.1) is 14.1 Å². The van der Waals surface area contributed by atoms with Gasteiger partial charge in [-0.25, -0.2) is 9.59 Å². The van der Waals surface area contributed by atoms with Gasteiger partial charge >= 0.3 is 11.9 Å². The molecule has 27 heavy (non-hydrogen) atoms. The monoisotopic (exact) mass is 367 g/mol. The smallest absolute Gasteiger partial charge is 0.338 e. The third-order valence-corrected chi connectivity index (χ3v) is 4.15. The van der Waals surface area contributed by atoms with Crippen molar-refractivity contribution < 1.29 is 24.2 Å². The first-order valence-electron chi connectivity index (χ1n) is 8.31. The van der Waals surface area contributed by atoms with E-state index in [1.807, 2.05) is 21.4 Å². The summed E-state index contributed by atoms with van der Waals surface area (Å²) < 4.78 is 13.7. The Labute approximate surface area is 153 Å². The van der Waals surface area contributed by atoms with E-state index in [0.717, 1.165) is 11.0 Å². The molecule has 8 heteroatoms. The van der Waals surface area contributed by atoms with Crippen LogP contribution in [0, 0.1) is 0 Å². The lowest BCUT2D eigenvalue weighted by molar-refractivity contribution is -0.140. The molecule has 2 heterocycles. The first kappa shape index (κ1) is 16.8. The molecule has 0 spiro atoms. The molecule has 2 aromatic carbocycles. The second-order valence-electron chi connectivity index (χ2n) is 6.11. The van der Waals surface area contributed by atoms with Crippen molar-refractivity contribution in [1.29, 1.82) is 0 Å². The molecule has 0 unspecified atom stereocenters. The largest absolute Gasteiger partial charge is 0.506 e. The van der Waals surface area contributed by atoms with Crippen molar-refractivity contribution in [2.75, 3.05) is 13.2 Å². The second-order valence-corrected chi connectivity index (χ2v) is 6.11. The van der Waals surface area contributed by atoms with E-state index in [0.29, 0.717) is 16.8 Å². The SMILES string of the molecule is C=C(C)C(=O)OCCOC(=O)c1ccc2c(c1)n1n(-c3ccccc3O)n21. The first-order chi connectivity index (χ1) is 13.0. The van der Waals surface area contributed by atoms with Crippen molar-refractivity contribution in [3.05, 3.63) is 60.2 Å². The van der Waals surface area contributed by atoms with Gasteiger partial charge in [0.25, 0.3) is 0 Å². The normalized spacial score (nSPS) is 11.3. The number of fused-ring (bicyclic) bond motifs is 4. The standard InChI is InChI=1S/C19H17N3O5/c1-12(2)18(24)26-9-10-27-19(25)13-7-8-14-16(11-13)22-20(14)21(22)15-5-3-4-6-17(15)23/h3-8,11,23H,1,9-10H2,2H3. The van der Waals surface area contributed by atoms with Crippen molar-refractivity contribution in [2.24, 2.45) is 0 Å². The first-order valence-corrected chi connectivity index (χ1v) is 8.31. The van der Waals surface area contributed by atoms with Gasteiger partial charge in [-0.05, 0) is 37.3 Å². The molecule has 0 aliphatic rings. The molecule has 0 atom stereocenters. The van der Waals surface area contributed by atoms with Crippen LogP contribution in [0.25, 0.3) is 16.7 Å². The molecule has 0 fully saturated rings. The van der Waals surface area contributed by atoms with Crippen LogP contribution in [-0.4, -0.2) is 44.3 Å². The maximum Gasteiger partial charge on any atom is 0.338 e. The van der Waals surface area contributed by atoms with Crippen molar-refractivity contribution in [2.45, 2.75) is 6.92 Å². The molecule has 0 radical (unpaired) electrons. The van der Waals surface area contributed by atoms with Crippen LogP contribution in [0.15, 0.2) is 54.6 Å². The molecule has 0 aliphatic heterocycles. The molecule has 0 saturated carbocycles. The number of nitrogens with zero attached hydrogens (tertiary/aromatic N) is 3.